The molecule has 2 heteroatoms. The van der Waals surface area contributed by atoms with Gasteiger partial charge in [0.15, 0.2) is 0 Å². The number of rotatable bonds is 1. The summed E-state index contributed by atoms with van der Waals surface area (Å²) in [7, 11) is 1.98. The van der Waals surface area contributed by atoms with Crippen molar-refractivity contribution in [3.63, 3.8) is 0 Å². The largest absolute Gasteiger partial charge is 0.268 e. The Morgan fingerprint density at radius 3 is 2.50 bits per heavy atom. The van der Waals surface area contributed by atoms with Crippen molar-refractivity contribution < 1.29 is 0 Å². The summed E-state index contributed by atoms with van der Waals surface area (Å²) in [6.07, 6.45) is 0. The lowest BCUT2D eigenvalue weighted by molar-refractivity contribution is 0.764. The van der Waals surface area contributed by atoms with Gasteiger partial charge in [-0.25, -0.2) is 0 Å². The van der Waals surface area contributed by atoms with E-state index in [9.17, 15) is 0 Å². The van der Waals surface area contributed by atoms with Crippen molar-refractivity contribution in [1.29, 1.82) is 0 Å². The Morgan fingerprint density at radius 1 is 1.14 bits per heavy atom. The molecule has 2 aromatic rings. The first-order valence-electron chi connectivity index (χ1n) is 4.74. The lowest BCUT2D eigenvalue weighted by Crippen LogP contribution is -1.93. The maximum absolute atomic E-state index is 4.33. The summed E-state index contributed by atoms with van der Waals surface area (Å²) in [5.41, 5.74) is 4.74. The maximum Gasteiger partial charge on any atom is 0.0681 e. The van der Waals surface area contributed by atoms with Crippen LogP contribution in [0.4, 0.5) is 0 Å². The molecule has 1 heterocycles. The van der Waals surface area contributed by atoms with Gasteiger partial charge in [0.25, 0.3) is 0 Å². The second-order valence-electron chi connectivity index (χ2n) is 3.66. The summed E-state index contributed by atoms with van der Waals surface area (Å²) >= 11 is 0. The van der Waals surface area contributed by atoms with Crippen LogP contribution >= 0.6 is 0 Å². The van der Waals surface area contributed by atoms with Crippen LogP contribution < -0.4 is 0 Å². The average molecular weight is 186 g/mol. The molecule has 0 aliphatic carbocycles. The number of aromatic nitrogens is 2. The molecule has 0 spiro atoms. The fraction of sp³-hybridized carbons (Fsp3) is 0.250. The van der Waals surface area contributed by atoms with Gasteiger partial charge in [0.1, 0.15) is 0 Å². The third-order valence-corrected chi connectivity index (χ3v) is 2.32. The molecule has 0 aliphatic heterocycles. The second kappa shape index (κ2) is 3.29. The zero-order valence-electron chi connectivity index (χ0n) is 8.78. The van der Waals surface area contributed by atoms with Gasteiger partial charge in [-0.3, -0.25) is 4.68 Å². The maximum atomic E-state index is 4.33. The minimum absolute atomic E-state index is 1.06. The van der Waals surface area contributed by atoms with E-state index in [4.69, 9.17) is 0 Å². The Kier molecular flexibility index (Phi) is 2.12. The highest BCUT2D eigenvalue weighted by molar-refractivity contribution is 5.60. The van der Waals surface area contributed by atoms with Crippen molar-refractivity contribution in [3.8, 4) is 11.3 Å². The van der Waals surface area contributed by atoms with Gasteiger partial charge in [-0.2, -0.15) is 5.10 Å². The predicted octanol–water partition coefficient (Wildman–Crippen LogP) is 2.70. The minimum atomic E-state index is 1.06. The van der Waals surface area contributed by atoms with Crippen molar-refractivity contribution in [2.45, 2.75) is 13.8 Å². The van der Waals surface area contributed by atoms with Crippen LogP contribution in [0.1, 0.15) is 11.3 Å². The summed E-state index contributed by atoms with van der Waals surface area (Å²) in [6, 6.07) is 10.6. The van der Waals surface area contributed by atoms with Crippen LogP contribution in [0.5, 0.6) is 0 Å². The van der Waals surface area contributed by atoms with Gasteiger partial charge < -0.3 is 0 Å². The SMILES string of the molecule is Cc1cccc(-c2cc(C)nn2C)c1. The van der Waals surface area contributed by atoms with Gasteiger partial charge in [-0.05, 0) is 26.0 Å². The fourth-order valence-corrected chi connectivity index (χ4v) is 1.69. The van der Waals surface area contributed by atoms with Crippen LogP contribution in [-0.4, -0.2) is 9.78 Å². The molecule has 0 N–H and O–H groups in total. The first-order valence-corrected chi connectivity index (χ1v) is 4.74. The standard InChI is InChI=1S/C12H14N2/c1-9-5-4-6-11(7-9)12-8-10(2)13-14(12)3/h4-8H,1-3H3. The quantitative estimate of drug-likeness (QED) is 0.669. The first-order chi connectivity index (χ1) is 6.66. The molecule has 0 fully saturated rings. The van der Waals surface area contributed by atoms with E-state index in [2.05, 4.69) is 42.4 Å². The molecule has 0 amide bonds. The van der Waals surface area contributed by atoms with Crippen LogP contribution in [0.3, 0.4) is 0 Å². The minimum Gasteiger partial charge on any atom is -0.268 e. The van der Waals surface area contributed by atoms with Gasteiger partial charge in [-0.1, -0.05) is 23.8 Å². The number of hydrogen-bond donors (Lipinski definition) is 0. The summed E-state index contributed by atoms with van der Waals surface area (Å²) in [5.74, 6) is 0. The Bertz CT molecular complexity index is 455. The number of aryl methyl sites for hydroxylation is 3. The van der Waals surface area contributed by atoms with Crippen LogP contribution in [0.15, 0.2) is 30.3 Å². The summed E-state index contributed by atoms with van der Waals surface area (Å²) < 4.78 is 1.92. The zero-order valence-corrected chi connectivity index (χ0v) is 8.78. The molecule has 0 atom stereocenters. The summed E-state index contributed by atoms with van der Waals surface area (Å²) in [6.45, 7) is 4.12. The molecule has 1 aromatic carbocycles. The molecule has 0 radical (unpaired) electrons. The van der Waals surface area contributed by atoms with Gasteiger partial charge in [0.2, 0.25) is 0 Å². The zero-order chi connectivity index (χ0) is 10.1. The normalized spacial score (nSPS) is 10.5. The Morgan fingerprint density at radius 2 is 1.93 bits per heavy atom. The molecular weight excluding hydrogens is 172 g/mol. The van der Waals surface area contributed by atoms with E-state index in [1.54, 1.807) is 0 Å². The Labute approximate surface area is 84.2 Å². The van der Waals surface area contributed by atoms with Crippen LogP contribution in [0.2, 0.25) is 0 Å². The molecule has 0 bridgehead atoms. The van der Waals surface area contributed by atoms with Crippen molar-refractivity contribution >= 4 is 0 Å². The predicted molar refractivity (Wildman–Crippen MR) is 58.1 cm³/mol. The van der Waals surface area contributed by atoms with E-state index in [0.717, 1.165) is 5.69 Å². The van der Waals surface area contributed by atoms with E-state index < -0.39 is 0 Å². The van der Waals surface area contributed by atoms with Crippen molar-refractivity contribution in [2.24, 2.45) is 7.05 Å². The van der Waals surface area contributed by atoms with Gasteiger partial charge >= 0.3 is 0 Å². The highest BCUT2D eigenvalue weighted by Gasteiger charge is 2.04. The van der Waals surface area contributed by atoms with Crippen molar-refractivity contribution in [3.05, 3.63) is 41.6 Å². The van der Waals surface area contributed by atoms with Crippen molar-refractivity contribution in [2.75, 3.05) is 0 Å². The van der Waals surface area contributed by atoms with E-state index in [0.29, 0.717) is 0 Å². The monoisotopic (exact) mass is 186 g/mol. The summed E-state index contributed by atoms with van der Waals surface area (Å²) in [5, 5.41) is 4.33. The third kappa shape index (κ3) is 1.55. The molecule has 2 nitrogen and oxygen atoms in total. The number of benzene rings is 1. The van der Waals surface area contributed by atoms with Crippen LogP contribution in [-0.2, 0) is 7.05 Å². The highest BCUT2D eigenvalue weighted by Crippen LogP contribution is 2.20. The van der Waals surface area contributed by atoms with Gasteiger partial charge in [0.05, 0.1) is 11.4 Å². The highest BCUT2D eigenvalue weighted by atomic mass is 15.3. The Hall–Kier alpha value is -1.57. The Balaban J connectivity index is 2.54. The van der Waals surface area contributed by atoms with E-state index >= 15 is 0 Å². The molecule has 1 aromatic heterocycles. The van der Waals surface area contributed by atoms with Crippen molar-refractivity contribution in [1.82, 2.24) is 9.78 Å². The smallest absolute Gasteiger partial charge is 0.0681 e. The number of nitrogens with zero attached hydrogens (tertiary/aromatic N) is 2. The molecule has 0 saturated carbocycles. The van der Waals surface area contributed by atoms with Crippen LogP contribution in [0, 0.1) is 13.8 Å². The van der Waals surface area contributed by atoms with Gasteiger partial charge in [0, 0.05) is 12.6 Å². The molecule has 72 valence electrons. The van der Waals surface area contributed by atoms with E-state index in [1.165, 1.54) is 16.8 Å². The molecule has 2 rings (SSSR count). The lowest BCUT2D eigenvalue weighted by atomic mass is 10.1. The van der Waals surface area contributed by atoms with Gasteiger partial charge in [-0.15, -0.1) is 0 Å². The average Bonchev–Trinajstić information content (AvgIpc) is 2.45. The topological polar surface area (TPSA) is 17.8 Å². The summed E-state index contributed by atoms with van der Waals surface area (Å²) in [4.78, 5) is 0. The first kappa shape index (κ1) is 9.00. The van der Waals surface area contributed by atoms with E-state index in [-0.39, 0.29) is 0 Å². The lowest BCUT2D eigenvalue weighted by Gasteiger charge is -2.02. The molecule has 0 aliphatic rings. The number of hydrogen-bond acceptors (Lipinski definition) is 1. The third-order valence-electron chi connectivity index (χ3n) is 2.32. The molecule has 0 saturated heterocycles. The second-order valence-corrected chi connectivity index (χ2v) is 3.66. The molecular formula is C12H14N2. The van der Waals surface area contributed by atoms with E-state index in [1.807, 2.05) is 18.7 Å². The van der Waals surface area contributed by atoms with Crippen LogP contribution in [0.25, 0.3) is 11.3 Å². The molecule has 0 unspecified atom stereocenters. The molecule has 14 heavy (non-hydrogen) atoms. The fourth-order valence-electron chi connectivity index (χ4n) is 1.69.